The number of amides is 2. The number of hydrogen-bond acceptors (Lipinski definition) is 4. The van der Waals surface area contributed by atoms with Gasteiger partial charge in [0.25, 0.3) is 5.91 Å². The lowest BCUT2D eigenvalue weighted by Gasteiger charge is -2.10. The molecular formula is C22H22N4O2. The number of benzene rings is 2. The van der Waals surface area contributed by atoms with Crippen LogP contribution in [0, 0.1) is 13.8 Å². The second-order valence-electron chi connectivity index (χ2n) is 6.65. The molecule has 0 aliphatic rings. The largest absolute Gasteiger partial charge is 0.340 e. The van der Waals surface area contributed by atoms with Crippen LogP contribution in [-0.4, -0.2) is 16.8 Å². The molecule has 3 aromatic rings. The second-order valence-corrected chi connectivity index (χ2v) is 6.65. The number of anilines is 4. The summed E-state index contributed by atoms with van der Waals surface area (Å²) in [6.07, 6.45) is 1.53. The quantitative estimate of drug-likeness (QED) is 0.607. The van der Waals surface area contributed by atoms with E-state index in [1.54, 1.807) is 18.2 Å². The van der Waals surface area contributed by atoms with Crippen LogP contribution in [0.15, 0.2) is 60.8 Å². The van der Waals surface area contributed by atoms with Gasteiger partial charge in [-0.3, -0.25) is 9.59 Å². The molecule has 0 unspecified atom stereocenters. The molecule has 1 heterocycles. The molecule has 0 aliphatic carbocycles. The Morgan fingerprint density at radius 2 is 1.54 bits per heavy atom. The standard InChI is InChI=1S/C22H22N4O2/c1-14-9-15(2)11-20(10-14)26-22(28)17-7-8-21(23-13-17)25-19-6-4-5-18(12-19)24-16(3)27/h4-13H,1-3H3,(H,23,25)(H,24,27)(H,26,28). The molecular weight excluding hydrogens is 352 g/mol. The molecule has 2 aromatic carbocycles. The summed E-state index contributed by atoms with van der Waals surface area (Å²) in [6, 6.07) is 16.7. The van der Waals surface area contributed by atoms with E-state index in [9.17, 15) is 9.59 Å². The van der Waals surface area contributed by atoms with Crippen LogP contribution in [0.1, 0.15) is 28.4 Å². The van der Waals surface area contributed by atoms with Gasteiger partial charge < -0.3 is 16.0 Å². The van der Waals surface area contributed by atoms with Crippen molar-refractivity contribution in [2.75, 3.05) is 16.0 Å². The van der Waals surface area contributed by atoms with Crippen LogP contribution in [-0.2, 0) is 4.79 Å². The van der Waals surface area contributed by atoms with Crippen LogP contribution >= 0.6 is 0 Å². The Kier molecular flexibility index (Phi) is 5.69. The summed E-state index contributed by atoms with van der Waals surface area (Å²) in [5.41, 5.74) is 4.90. The van der Waals surface area contributed by atoms with Crippen LogP contribution in [0.2, 0.25) is 0 Å². The van der Waals surface area contributed by atoms with Gasteiger partial charge in [-0.1, -0.05) is 12.1 Å². The summed E-state index contributed by atoms with van der Waals surface area (Å²) < 4.78 is 0. The van der Waals surface area contributed by atoms with Gasteiger partial charge in [0.15, 0.2) is 0 Å². The topological polar surface area (TPSA) is 83.1 Å². The summed E-state index contributed by atoms with van der Waals surface area (Å²) in [5.74, 6) is 0.258. The predicted octanol–water partition coefficient (Wildman–Crippen LogP) is 4.65. The first-order valence-corrected chi connectivity index (χ1v) is 8.89. The van der Waals surface area contributed by atoms with E-state index in [0.29, 0.717) is 17.1 Å². The van der Waals surface area contributed by atoms with Gasteiger partial charge in [0.05, 0.1) is 5.56 Å². The molecule has 0 radical (unpaired) electrons. The number of pyridine rings is 1. The second kappa shape index (κ2) is 8.35. The summed E-state index contributed by atoms with van der Waals surface area (Å²) in [5, 5.41) is 8.78. The summed E-state index contributed by atoms with van der Waals surface area (Å²) in [7, 11) is 0. The highest BCUT2D eigenvalue weighted by atomic mass is 16.2. The molecule has 0 saturated carbocycles. The Bertz CT molecular complexity index is 993. The van der Waals surface area contributed by atoms with Crippen molar-refractivity contribution in [2.24, 2.45) is 0 Å². The number of aryl methyl sites for hydroxylation is 2. The molecule has 0 fully saturated rings. The molecule has 3 rings (SSSR count). The maximum Gasteiger partial charge on any atom is 0.257 e. The number of nitrogens with one attached hydrogen (secondary N) is 3. The molecule has 6 heteroatoms. The fourth-order valence-electron chi connectivity index (χ4n) is 2.88. The number of aromatic nitrogens is 1. The van der Waals surface area contributed by atoms with Crippen molar-refractivity contribution in [1.29, 1.82) is 0 Å². The lowest BCUT2D eigenvalue weighted by Crippen LogP contribution is -2.12. The Morgan fingerprint density at radius 3 is 2.18 bits per heavy atom. The van der Waals surface area contributed by atoms with Crippen molar-refractivity contribution in [1.82, 2.24) is 4.98 Å². The molecule has 0 bridgehead atoms. The van der Waals surface area contributed by atoms with Crippen molar-refractivity contribution in [2.45, 2.75) is 20.8 Å². The van der Waals surface area contributed by atoms with Crippen molar-refractivity contribution in [3.05, 3.63) is 77.5 Å². The van der Waals surface area contributed by atoms with E-state index < -0.39 is 0 Å². The molecule has 3 N–H and O–H groups in total. The summed E-state index contributed by atoms with van der Waals surface area (Å²) in [4.78, 5) is 27.9. The Morgan fingerprint density at radius 1 is 0.821 bits per heavy atom. The van der Waals surface area contributed by atoms with Gasteiger partial charge in [-0.15, -0.1) is 0 Å². The zero-order valence-corrected chi connectivity index (χ0v) is 16.0. The number of nitrogens with zero attached hydrogens (tertiary/aromatic N) is 1. The first-order valence-electron chi connectivity index (χ1n) is 8.89. The molecule has 0 aliphatic heterocycles. The summed E-state index contributed by atoms with van der Waals surface area (Å²) >= 11 is 0. The lowest BCUT2D eigenvalue weighted by molar-refractivity contribution is -0.114. The van der Waals surface area contributed by atoms with Crippen molar-refractivity contribution in [3.63, 3.8) is 0 Å². The zero-order valence-electron chi connectivity index (χ0n) is 16.0. The van der Waals surface area contributed by atoms with Gasteiger partial charge in [0.1, 0.15) is 5.82 Å². The van der Waals surface area contributed by atoms with E-state index in [1.165, 1.54) is 13.1 Å². The molecule has 142 valence electrons. The first kappa shape index (κ1) is 19.1. The number of carbonyl (C=O) groups excluding carboxylic acids is 2. The van der Waals surface area contributed by atoms with Crippen molar-refractivity contribution in [3.8, 4) is 0 Å². The Hall–Kier alpha value is -3.67. The van der Waals surface area contributed by atoms with Crippen molar-refractivity contribution >= 4 is 34.7 Å². The van der Waals surface area contributed by atoms with E-state index >= 15 is 0 Å². The predicted molar refractivity (Wildman–Crippen MR) is 112 cm³/mol. The highest BCUT2D eigenvalue weighted by Crippen LogP contribution is 2.20. The minimum absolute atomic E-state index is 0.130. The smallest absolute Gasteiger partial charge is 0.257 e. The third kappa shape index (κ3) is 5.17. The molecule has 0 spiro atoms. The van der Waals surface area contributed by atoms with Gasteiger partial charge in [-0.25, -0.2) is 4.98 Å². The normalized spacial score (nSPS) is 10.2. The van der Waals surface area contributed by atoms with Gasteiger partial charge in [-0.05, 0) is 67.4 Å². The molecule has 1 aromatic heterocycles. The minimum Gasteiger partial charge on any atom is -0.340 e. The number of hydrogen-bond donors (Lipinski definition) is 3. The van der Waals surface area contributed by atoms with Crippen LogP contribution in [0.4, 0.5) is 22.9 Å². The van der Waals surface area contributed by atoms with Gasteiger partial charge in [0.2, 0.25) is 5.91 Å². The van der Waals surface area contributed by atoms with Crippen LogP contribution < -0.4 is 16.0 Å². The number of carbonyl (C=O) groups is 2. The van der Waals surface area contributed by atoms with Crippen LogP contribution in [0.3, 0.4) is 0 Å². The van der Waals surface area contributed by atoms with Gasteiger partial charge >= 0.3 is 0 Å². The molecule has 0 saturated heterocycles. The molecule has 2 amide bonds. The van der Waals surface area contributed by atoms with Gasteiger partial charge in [-0.2, -0.15) is 0 Å². The maximum absolute atomic E-state index is 12.4. The first-order chi connectivity index (χ1) is 13.4. The SMILES string of the molecule is CC(=O)Nc1cccc(Nc2ccc(C(=O)Nc3cc(C)cc(C)c3)cn2)c1. The molecule has 28 heavy (non-hydrogen) atoms. The van der Waals surface area contributed by atoms with Gasteiger partial charge in [0, 0.05) is 30.2 Å². The third-order valence-electron chi connectivity index (χ3n) is 3.96. The van der Waals surface area contributed by atoms with Crippen LogP contribution in [0.5, 0.6) is 0 Å². The third-order valence-corrected chi connectivity index (χ3v) is 3.96. The molecule has 6 nitrogen and oxygen atoms in total. The number of rotatable bonds is 5. The zero-order chi connectivity index (χ0) is 20.1. The maximum atomic E-state index is 12.4. The van der Waals surface area contributed by atoms with E-state index in [0.717, 1.165) is 22.5 Å². The van der Waals surface area contributed by atoms with E-state index in [-0.39, 0.29) is 11.8 Å². The fraction of sp³-hybridized carbons (Fsp3) is 0.136. The monoisotopic (exact) mass is 374 g/mol. The lowest BCUT2D eigenvalue weighted by atomic mass is 10.1. The van der Waals surface area contributed by atoms with Crippen molar-refractivity contribution < 1.29 is 9.59 Å². The van der Waals surface area contributed by atoms with E-state index in [1.807, 2.05) is 44.2 Å². The van der Waals surface area contributed by atoms with Crippen LogP contribution in [0.25, 0.3) is 0 Å². The fourth-order valence-corrected chi connectivity index (χ4v) is 2.88. The minimum atomic E-state index is -0.211. The Balaban J connectivity index is 1.67. The summed E-state index contributed by atoms with van der Waals surface area (Å²) in [6.45, 7) is 5.45. The average Bonchev–Trinajstić information content (AvgIpc) is 2.61. The highest BCUT2D eigenvalue weighted by molar-refractivity contribution is 6.04. The molecule has 0 atom stereocenters. The van der Waals surface area contributed by atoms with E-state index in [4.69, 9.17) is 0 Å². The van der Waals surface area contributed by atoms with E-state index in [2.05, 4.69) is 27.0 Å². The highest BCUT2D eigenvalue weighted by Gasteiger charge is 2.08. The average molecular weight is 374 g/mol. The Labute approximate surface area is 164 Å².